The Morgan fingerprint density at radius 2 is 2.26 bits per heavy atom. The van der Waals surface area contributed by atoms with Crippen molar-refractivity contribution >= 4 is 33.6 Å². The second kappa shape index (κ2) is 5.17. The molecule has 0 spiro atoms. The number of hydrogen-bond acceptors (Lipinski definition) is 6. The molecule has 0 fully saturated rings. The number of pyridine rings is 1. The zero-order chi connectivity index (χ0) is 16.0. The predicted molar refractivity (Wildman–Crippen MR) is 81.2 cm³/mol. The fraction of sp³-hybridized carbons (Fsp3) is 0.200. The van der Waals surface area contributed by atoms with Gasteiger partial charge in [-0.2, -0.15) is 0 Å². The first-order chi connectivity index (χ1) is 11.1. The lowest BCUT2D eigenvalue weighted by atomic mass is 9.99. The van der Waals surface area contributed by atoms with E-state index in [1.807, 2.05) is 0 Å². The van der Waals surface area contributed by atoms with E-state index >= 15 is 0 Å². The number of rotatable bonds is 2. The van der Waals surface area contributed by atoms with Crippen LogP contribution >= 0.6 is 11.3 Å². The summed E-state index contributed by atoms with van der Waals surface area (Å²) in [6, 6.07) is 4.07. The molecule has 8 heteroatoms. The summed E-state index contributed by atoms with van der Waals surface area (Å²) in [5, 5.41) is 9.79. The van der Waals surface area contributed by atoms with Crippen LogP contribution in [0.4, 0.5) is 0 Å². The quantitative estimate of drug-likeness (QED) is 0.773. The number of furan rings is 1. The SMILES string of the molecule is O=C(O)C1c2ccoc2CCN1C(=O)c1nc2cccnc2s1. The Labute approximate surface area is 134 Å². The highest BCUT2D eigenvalue weighted by Gasteiger charge is 2.38. The summed E-state index contributed by atoms with van der Waals surface area (Å²) in [6.07, 6.45) is 3.57. The van der Waals surface area contributed by atoms with Gasteiger partial charge in [-0.1, -0.05) is 11.3 Å². The molecule has 1 unspecified atom stereocenters. The van der Waals surface area contributed by atoms with Crippen molar-refractivity contribution in [2.24, 2.45) is 0 Å². The lowest BCUT2D eigenvalue weighted by Crippen LogP contribution is -2.43. The van der Waals surface area contributed by atoms with Gasteiger partial charge in [-0.15, -0.1) is 0 Å². The maximum atomic E-state index is 12.8. The third-order valence-corrected chi connectivity index (χ3v) is 4.78. The van der Waals surface area contributed by atoms with Crippen molar-refractivity contribution in [1.29, 1.82) is 0 Å². The number of carboxylic acids is 1. The van der Waals surface area contributed by atoms with Crippen LogP contribution in [-0.4, -0.2) is 38.4 Å². The second-order valence-corrected chi connectivity index (χ2v) is 6.11. The Bertz CT molecular complexity index is 883. The minimum absolute atomic E-state index is 0.247. The Morgan fingerprint density at radius 1 is 1.39 bits per heavy atom. The molecule has 0 radical (unpaired) electrons. The number of thiazole rings is 1. The maximum absolute atomic E-state index is 12.8. The van der Waals surface area contributed by atoms with E-state index in [1.165, 1.54) is 22.5 Å². The standard InChI is InChI=1S/C15H11N3O4S/c19-14(13-17-9-2-1-5-16-12(9)23-13)18-6-3-10-8(4-7-22-10)11(18)15(20)21/h1-2,4-5,7,11H,3,6H2,(H,20,21). The molecule has 4 heterocycles. The summed E-state index contributed by atoms with van der Waals surface area (Å²) in [5.74, 6) is -0.861. The molecule has 1 amide bonds. The minimum atomic E-state index is -1.08. The number of carboxylic acid groups (broad SMARTS) is 1. The molecule has 0 saturated heterocycles. The molecule has 0 bridgehead atoms. The number of carbonyl (C=O) groups is 2. The molecule has 3 aromatic heterocycles. The second-order valence-electron chi connectivity index (χ2n) is 5.14. The normalized spacial score (nSPS) is 17.2. The van der Waals surface area contributed by atoms with Crippen molar-refractivity contribution in [2.45, 2.75) is 12.5 Å². The van der Waals surface area contributed by atoms with Crippen molar-refractivity contribution in [3.05, 3.63) is 47.0 Å². The number of aliphatic carboxylic acids is 1. The van der Waals surface area contributed by atoms with E-state index in [4.69, 9.17) is 4.42 Å². The van der Waals surface area contributed by atoms with Gasteiger partial charge in [-0.3, -0.25) is 4.79 Å². The van der Waals surface area contributed by atoms with Crippen molar-refractivity contribution in [2.75, 3.05) is 6.54 Å². The van der Waals surface area contributed by atoms with Crippen molar-refractivity contribution in [3.8, 4) is 0 Å². The molecule has 23 heavy (non-hydrogen) atoms. The topological polar surface area (TPSA) is 96.5 Å². The minimum Gasteiger partial charge on any atom is -0.479 e. The largest absolute Gasteiger partial charge is 0.479 e. The fourth-order valence-electron chi connectivity index (χ4n) is 2.79. The fourth-order valence-corrected chi connectivity index (χ4v) is 3.65. The number of aromatic nitrogens is 2. The summed E-state index contributed by atoms with van der Waals surface area (Å²) in [4.78, 5) is 34.9. The third kappa shape index (κ3) is 2.18. The van der Waals surface area contributed by atoms with Crippen LogP contribution in [0.5, 0.6) is 0 Å². The van der Waals surface area contributed by atoms with Gasteiger partial charge < -0.3 is 14.4 Å². The van der Waals surface area contributed by atoms with Crippen LogP contribution in [0.3, 0.4) is 0 Å². The highest BCUT2D eigenvalue weighted by atomic mass is 32.1. The molecule has 1 aliphatic rings. The smallest absolute Gasteiger partial charge is 0.331 e. The number of fused-ring (bicyclic) bond motifs is 2. The molecule has 0 aromatic carbocycles. The number of hydrogen-bond donors (Lipinski definition) is 1. The van der Waals surface area contributed by atoms with Gasteiger partial charge in [0, 0.05) is 24.7 Å². The summed E-state index contributed by atoms with van der Waals surface area (Å²) in [5.41, 5.74) is 1.16. The molecule has 0 saturated carbocycles. The highest BCUT2D eigenvalue weighted by molar-refractivity contribution is 7.19. The van der Waals surface area contributed by atoms with Crippen LogP contribution in [0.2, 0.25) is 0 Å². The van der Waals surface area contributed by atoms with Crippen LogP contribution in [0.25, 0.3) is 10.3 Å². The Morgan fingerprint density at radius 3 is 3.04 bits per heavy atom. The van der Waals surface area contributed by atoms with E-state index in [0.717, 1.165) is 0 Å². The first kappa shape index (κ1) is 13.9. The van der Waals surface area contributed by atoms with Crippen LogP contribution in [0.15, 0.2) is 35.1 Å². The van der Waals surface area contributed by atoms with Gasteiger partial charge >= 0.3 is 5.97 Å². The molecule has 4 rings (SSSR count). The van der Waals surface area contributed by atoms with Gasteiger partial charge in [0.2, 0.25) is 0 Å². The maximum Gasteiger partial charge on any atom is 0.331 e. The molecule has 1 N–H and O–H groups in total. The van der Waals surface area contributed by atoms with Crippen molar-refractivity contribution in [1.82, 2.24) is 14.9 Å². The lowest BCUT2D eigenvalue weighted by molar-refractivity contribution is -0.143. The summed E-state index contributed by atoms with van der Waals surface area (Å²) >= 11 is 1.17. The Balaban J connectivity index is 1.74. The van der Waals surface area contributed by atoms with E-state index in [-0.39, 0.29) is 11.6 Å². The van der Waals surface area contributed by atoms with E-state index in [1.54, 1.807) is 24.4 Å². The van der Waals surface area contributed by atoms with Crippen LogP contribution in [0, 0.1) is 0 Å². The first-order valence-electron chi connectivity index (χ1n) is 6.97. The zero-order valence-corrected chi connectivity index (χ0v) is 12.6. The molecule has 7 nitrogen and oxygen atoms in total. The summed E-state index contributed by atoms with van der Waals surface area (Å²) < 4.78 is 5.29. The molecule has 1 atom stereocenters. The molecule has 116 valence electrons. The molecule has 3 aromatic rings. The van der Waals surface area contributed by atoms with Gasteiger partial charge in [-0.05, 0) is 18.2 Å². The summed E-state index contributed by atoms with van der Waals surface area (Å²) in [6.45, 7) is 0.277. The number of amides is 1. The van der Waals surface area contributed by atoms with Gasteiger partial charge in [0.1, 0.15) is 16.1 Å². The average Bonchev–Trinajstić information content (AvgIpc) is 3.18. The lowest BCUT2D eigenvalue weighted by Gasteiger charge is -2.31. The van der Waals surface area contributed by atoms with Gasteiger partial charge in [0.05, 0.1) is 6.26 Å². The molecule has 0 aliphatic carbocycles. The molecular formula is C15H11N3O4S. The summed E-state index contributed by atoms with van der Waals surface area (Å²) in [7, 11) is 0. The van der Waals surface area contributed by atoms with E-state index in [9.17, 15) is 14.7 Å². The van der Waals surface area contributed by atoms with E-state index in [2.05, 4.69) is 9.97 Å². The number of nitrogens with zero attached hydrogens (tertiary/aromatic N) is 3. The average molecular weight is 329 g/mol. The predicted octanol–water partition coefficient (Wildman–Crippen LogP) is 2.11. The monoisotopic (exact) mass is 329 g/mol. The van der Waals surface area contributed by atoms with Gasteiger partial charge in [0.15, 0.2) is 11.0 Å². The van der Waals surface area contributed by atoms with Crippen molar-refractivity contribution < 1.29 is 19.1 Å². The Hall–Kier alpha value is -2.74. The Kier molecular flexibility index (Phi) is 3.12. The van der Waals surface area contributed by atoms with E-state index < -0.39 is 17.9 Å². The van der Waals surface area contributed by atoms with Crippen LogP contribution in [0.1, 0.15) is 27.2 Å². The zero-order valence-electron chi connectivity index (χ0n) is 11.8. The molecular weight excluding hydrogens is 318 g/mol. The van der Waals surface area contributed by atoms with Crippen LogP contribution < -0.4 is 0 Å². The van der Waals surface area contributed by atoms with Crippen molar-refractivity contribution in [3.63, 3.8) is 0 Å². The molecule has 1 aliphatic heterocycles. The van der Waals surface area contributed by atoms with E-state index in [0.29, 0.717) is 28.1 Å². The third-order valence-electron chi connectivity index (χ3n) is 3.81. The highest BCUT2D eigenvalue weighted by Crippen LogP contribution is 2.33. The van der Waals surface area contributed by atoms with Gasteiger partial charge in [0.25, 0.3) is 5.91 Å². The number of carbonyl (C=O) groups excluding carboxylic acids is 1. The first-order valence-corrected chi connectivity index (χ1v) is 7.78. The van der Waals surface area contributed by atoms with Crippen LogP contribution in [-0.2, 0) is 11.2 Å². The van der Waals surface area contributed by atoms with Gasteiger partial charge in [-0.25, -0.2) is 14.8 Å².